The molecule has 3 aromatic heterocycles. The van der Waals surface area contributed by atoms with Crippen LogP contribution in [-0.4, -0.2) is 30.7 Å². The maximum Gasteiger partial charge on any atom is 0.263 e. The number of benzene rings is 1. The van der Waals surface area contributed by atoms with E-state index < -0.39 is 6.17 Å². The number of nitrogens with zero attached hydrogens (tertiary/aromatic N) is 4. The monoisotopic (exact) mass is 416 g/mol. The van der Waals surface area contributed by atoms with Gasteiger partial charge in [-0.1, -0.05) is 24.3 Å². The SMILES string of the molecule is Cc1cccc2cc([C@H](C)Nc3ncnc4nc[nH]c34)n(C3=CC(F)CC=C3)c(=O)c12. The first-order chi connectivity index (χ1) is 15.0. The second-order valence-corrected chi connectivity index (χ2v) is 7.68. The topological polar surface area (TPSA) is 88.5 Å². The van der Waals surface area contributed by atoms with Crippen LogP contribution in [-0.2, 0) is 0 Å². The van der Waals surface area contributed by atoms with Crippen LogP contribution in [0.3, 0.4) is 0 Å². The maximum absolute atomic E-state index is 14.2. The van der Waals surface area contributed by atoms with Crippen molar-refractivity contribution in [3.63, 3.8) is 0 Å². The highest BCUT2D eigenvalue weighted by Crippen LogP contribution is 2.28. The molecule has 1 aliphatic rings. The summed E-state index contributed by atoms with van der Waals surface area (Å²) < 4.78 is 15.8. The Labute approximate surface area is 177 Å². The van der Waals surface area contributed by atoms with E-state index in [0.717, 1.165) is 10.9 Å². The predicted molar refractivity (Wildman–Crippen MR) is 120 cm³/mol. The van der Waals surface area contributed by atoms with Crippen molar-refractivity contribution in [2.75, 3.05) is 5.32 Å². The Morgan fingerprint density at radius 1 is 1.29 bits per heavy atom. The van der Waals surface area contributed by atoms with Crippen molar-refractivity contribution in [1.82, 2.24) is 24.5 Å². The lowest BCUT2D eigenvalue weighted by molar-refractivity contribution is 0.401. The number of H-pyrrole nitrogens is 1. The molecule has 0 bridgehead atoms. The zero-order valence-electron chi connectivity index (χ0n) is 17.1. The number of halogens is 1. The van der Waals surface area contributed by atoms with E-state index in [0.29, 0.717) is 40.2 Å². The smallest absolute Gasteiger partial charge is 0.263 e. The standard InChI is InChI=1S/C23H21FN6O/c1-13-5-3-6-15-9-18(14(2)29-22-20-21(26-11-25-20)27-12-28-22)30(23(31)19(13)15)17-8-4-7-16(24)10-17/h3-6,8-12,14,16H,7H2,1-2H3,(H2,25,26,27,28,29)/t14-,16?/m0/s1. The van der Waals surface area contributed by atoms with Crippen molar-refractivity contribution < 1.29 is 4.39 Å². The van der Waals surface area contributed by atoms with E-state index in [-0.39, 0.29) is 11.6 Å². The fourth-order valence-corrected chi connectivity index (χ4v) is 4.07. The van der Waals surface area contributed by atoms with Crippen LogP contribution < -0.4 is 10.9 Å². The number of rotatable bonds is 4. The van der Waals surface area contributed by atoms with Gasteiger partial charge in [-0.15, -0.1) is 0 Å². The van der Waals surface area contributed by atoms with Crippen LogP contribution in [0.25, 0.3) is 27.6 Å². The van der Waals surface area contributed by atoms with Crippen LogP contribution in [0.4, 0.5) is 10.2 Å². The molecule has 4 aromatic rings. The van der Waals surface area contributed by atoms with E-state index in [9.17, 15) is 9.18 Å². The Hall–Kier alpha value is -3.81. The van der Waals surface area contributed by atoms with Gasteiger partial charge in [0, 0.05) is 17.8 Å². The van der Waals surface area contributed by atoms with E-state index in [1.54, 1.807) is 23.0 Å². The fourth-order valence-electron chi connectivity index (χ4n) is 4.07. The highest BCUT2D eigenvalue weighted by atomic mass is 19.1. The quantitative estimate of drug-likeness (QED) is 0.518. The van der Waals surface area contributed by atoms with Crippen molar-refractivity contribution in [2.24, 2.45) is 0 Å². The first-order valence-corrected chi connectivity index (χ1v) is 10.1. The number of nitrogens with one attached hydrogen (secondary N) is 2. The molecule has 1 aliphatic carbocycles. The lowest BCUT2D eigenvalue weighted by Crippen LogP contribution is -2.27. The molecule has 8 heteroatoms. The Morgan fingerprint density at radius 2 is 2.16 bits per heavy atom. The Morgan fingerprint density at radius 3 is 3.00 bits per heavy atom. The summed E-state index contributed by atoms with van der Waals surface area (Å²) in [6, 6.07) is 7.43. The van der Waals surface area contributed by atoms with Gasteiger partial charge in [0.2, 0.25) is 0 Å². The van der Waals surface area contributed by atoms with E-state index in [1.807, 2.05) is 38.1 Å². The second kappa shape index (κ2) is 7.46. The first-order valence-electron chi connectivity index (χ1n) is 10.1. The van der Waals surface area contributed by atoms with Gasteiger partial charge in [0.1, 0.15) is 18.0 Å². The van der Waals surface area contributed by atoms with Gasteiger partial charge in [0.25, 0.3) is 5.56 Å². The number of anilines is 1. The molecular formula is C23H21FN6O. The van der Waals surface area contributed by atoms with Crippen molar-refractivity contribution in [3.8, 4) is 0 Å². The molecule has 7 nitrogen and oxygen atoms in total. The zero-order valence-corrected chi connectivity index (χ0v) is 17.1. The number of imidazole rings is 1. The van der Waals surface area contributed by atoms with Crippen LogP contribution >= 0.6 is 0 Å². The number of allylic oxidation sites excluding steroid dienone is 4. The lowest BCUT2D eigenvalue weighted by atomic mass is 10.0. The number of hydrogen-bond acceptors (Lipinski definition) is 5. The summed E-state index contributed by atoms with van der Waals surface area (Å²) in [5, 5.41) is 4.83. The van der Waals surface area contributed by atoms with Crippen molar-refractivity contribution >= 4 is 33.5 Å². The van der Waals surface area contributed by atoms with Crippen molar-refractivity contribution in [1.29, 1.82) is 0 Å². The fraction of sp³-hybridized carbons (Fsp3) is 0.217. The van der Waals surface area contributed by atoms with Gasteiger partial charge in [-0.25, -0.2) is 19.3 Å². The van der Waals surface area contributed by atoms with Crippen LogP contribution in [0.15, 0.2) is 59.9 Å². The number of fused-ring (bicyclic) bond motifs is 2. The van der Waals surface area contributed by atoms with Gasteiger partial charge in [-0.2, -0.15) is 0 Å². The third-order valence-electron chi connectivity index (χ3n) is 5.56. The third kappa shape index (κ3) is 3.30. The second-order valence-electron chi connectivity index (χ2n) is 7.68. The van der Waals surface area contributed by atoms with E-state index in [4.69, 9.17) is 0 Å². The minimum atomic E-state index is -1.12. The van der Waals surface area contributed by atoms with Gasteiger partial charge in [0.15, 0.2) is 11.5 Å². The molecule has 2 N–H and O–H groups in total. The molecule has 0 saturated carbocycles. The molecule has 0 aliphatic heterocycles. The average Bonchev–Trinajstić information content (AvgIpc) is 3.23. The van der Waals surface area contributed by atoms with Crippen molar-refractivity contribution in [2.45, 2.75) is 32.5 Å². The molecule has 31 heavy (non-hydrogen) atoms. The van der Waals surface area contributed by atoms with Gasteiger partial charge in [0.05, 0.1) is 17.8 Å². The minimum absolute atomic E-state index is 0.168. The minimum Gasteiger partial charge on any atom is -0.360 e. The first kappa shape index (κ1) is 19.2. The lowest BCUT2D eigenvalue weighted by Gasteiger charge is -2.23. The number of pyridine rings is 1. The van der Waals surface area contributed by atoms with Crippen LogP contribution in [0.5, 0.6) is 0 Å². The molecule has 3 heterocycles. The molecule has 5 rings (SSSR count). The third-order valence-corrected chi connectivity index (χ3v) is 5.56. The maximum atomic E-state index is 14.2. The molecular weight excluding hydrogens is 395 g/mol. The zero-order chi connectivity index (χ0) is 21.5. The van der Waals surface area contributed by atoms with E-state index in [1.165, 1.54) is 12.4 Å². The number of alkyl halides is 1. The number of aryl methyl sites for hydroxylation is 1. The average molecular weight is 416 g/mol. The molecule has 0 amide bonds. The largest absolute Gasteiger partial charge is 0.360 e. The molecule has 2 atom stereocenters. The normalized spacial score (nSPS) is 17.1. The molecule has 0 spiro atoms. The van der Waals surface area contributed by atoms with E-state index >= 15 is 0 Å². The molecule has 0 fully saturated rings. The highest BCUT2D eigenvalue weighted by molar-refractivity contribution is 5.87. The molecule has 156 valence electrons. The summed E-state index contributed by atoms with van der Waals surface area (Å²) >= 11 is 0. The summed E-state index contributed by atoms with van der Waals surface area (Å²) in [6.07, 6.45) is 7.25. The molecule has 0 radical (unpaired) electrons. The number of aromatic nitrogens is 5. The van der Waals surface area contributed by atoms with Crippen LogP contribution in [0.1, 0.15) is 30.6 Å². The Balaban J connectivity index is 1.70. The van der Waals surface area contributed by atoms with E-state index in [2.05, 4.69) is 25.3 Å². The van der Waals surface area contributed by atoms with Gasteiger partial charge in [-0.3, -0.25) is 9.36 Å². The van der Waals surface area contributed by atoms with Gasteiger partial charge >= 0.3 is 0 Å². The van der Waals surface area contributed by atoms with Crippen LogP contribution in [0, 0.1) is 6.92 Å². The molecule has 0 saturated heterocycles. The number of aromatic amines is 1. The van der Waals surface area contributed by atoms with Gasteiger partial charge < -0.3 is 10.3 Å². The summed E-state index contributed by atoms with van der Waals surface area (Å²) in [6.45, 7) is 3.85. The van der Waals surface area contributed by atoms with Crippen LogP contribution in [0.2, 0.25) is 0 Å². The summed E-state index contributed by atoms with van der Waals surface area (Å²) in [7, 11) is 0. The Bertz CT molecular complexity index is 1420. The predicted octanol–water partition coefficient (Wildman–Crippen LogP) is 4.29. The molecule has 1 unspecified atom stereocenters. The highest BCUT2D eigenvalue weighted by Gasteiger charge is 2.21. The summed E-state index contributed by atoms with van der Waals surface area (Å²) in [4.78, 5) is 29.3. The van der Waals surface area contributed by atoms with Crippen molar-refractivity contribution in [3.05, 3.63) is 76.8 Å². The number of hydrogen-bond donors (Lipinski definition) is 2. The van der Waals surface area contributed by atoms with Gasteiger partial charge in [-0.05, 0) is 43.0 Å². The Kier molecular flexibility index (Phi) is 4.62. The summed E-state index contributed by atoms with van der Waals surface area (Å²) in [5.41, 5.74) is 3.19. The summed E-state index contributed by atoms with van der Waals surface area (Å²) in [5.74, 6) is 0.579. The molecule has 1 aromatic carbocycles.